The Balaban J connectivity index is 2.14. The van der Waals surface area contributed by atoms with Crippen molar-refractivity contribution < 1.29 is 33.6 Å². The number of hydrogen-bond acceptors (Lipinski definition) is 7. The molecule has 0 spiro atoms. The number of carbonyl (C=O) groups excluding carboxylic acids is 1. The molecule has 2 aliphatic heterocycles. The molecule has 2 fully saturated rings. The van der Waals surface area contributed by atoms with Crippen molar-refractivity contribution in [2.45, 2.75) is 70.1 Å². The molecule has 1 N–H and O–H groups in total. The van der Waals surface area contributed by atoms with Gasteiger partial charge in [0.1, 0.15) is 18.3 Å². The number of aliphatic hydroxyl groups is 1. The molecular weight excluding hydrogens is 280 g/mol. The zero-order chi connectivity index (χ0) is 15.6. The molecular formula is C14H24O7. The second-order valence-corrected chi connectivity index (χ2v) is 5.73. The van der Waals surface area contributed by atoms with Gasteiger partial charge in [0.15, 0.2) is 18.2 Å². The highest BCUT2D eigenvalue weighted by Crippen LogP contribution is 2.37. The van der Waals surface area contributed by atoms with Gasteiger partial charge in [-0.15, -0.1) is 0 Å². The normalized spacial score (nSPS) is 38.0. The van der Waals surface area contributed by atoms with E-state index >= 15 is 0 Å². The third-order valence-electron chi connectivity index (χ3n) is 3.58. The first kappa shape index (κ1) is 16.6. The van der Waals surface area contributed by atoms with Crippen LogP contribution in [0.2, 0.25) is 0 Å². The number of fused-ring (bicyclic) bond motifs is 1. The van der Waals surface area contributed by atoms with E-state index in [9.17, 15) is 9.90 Å². The Morgan fingerprint density at radius 3 is 2.67 bits per heavy atom. The van der Waals surface area contributed by atoms with Crippen LogP contribution in [0.1, 0.15) is 33.6 Å². The molecule has 0 bridgehead atoms. The lowest BCUT2D eigenvalue weighted by atomic mass is 9.98. The summed E-state index contributed by atoms with van der Waals surface area (Å²) in [5, 5.41) is 10.4. The van der Waals surface area contributed by atoms with Gasteiger partial charge in [-0.2, -0.15) is 0 Å². The van der Waals surface area contributed by atoms with Gasteiger partial charge in [-0.3, -0.25) is 0 Å². The maximum Gasteiger partial charge on any atom is 0.337 e. The summed E-state index contributed by atoms with van der Waals surface area (Å²) in [6.45, 7) is 6.01. The summed E-state index contributed by atoms with van der Waals surface area (Å²) in [4.78, 5) is 11.7. The Hall–Kier alpha value is -0.730. The van der Waals surface area contributed by atoms with E-state index in [4.69, 9.17) is 18.9 Å². The van der Waals surface area contributed by atoms with Gasteiger partial charge in [0.05, 0.1) is 7.11 Å². The van der Waals surface area contributed by atoms with E-state index < -0.39 is 42.5 Å². The van der Waals surface area contributed by atoms with Gasteiger partial charge in [0, 0.05) is 6.61 Å². The van der Waals surface area contributed by atoms with E-state index in [1.54, 1.807) is 13.8 Å². The first-order valence-corrected chi connectivity index (χ1v) is 7.28. The highest BCUT2D eigenvalue weighted by molar-refractivity contribution is 5.75. The molecule has 0 aromatic heterocycles. The number of hydrogen-bond donors (Lipinski definition) is 1. The van der Waals surface area contributed by atoms with Crippen molar-refractivity contribution in [1.82, 2.24) is 0 Å². The minimum atomic E-state index is -1.16. The zero-order valence-electron chi connectivity index (χ0n) is 12.9. The Bertz CT molecular complexity index is 370. The summed E-state index contributed by atoms with van der Waals surface area (Å²) >= 11 is 0. The molecule has 7 heteroatoms. The molecule has 7 nitrogen and oxygen atoms in total. The monoisotopic (exact) mass is 304 g/mol. The molecule has 2 unspecified atom stereocenters. The minimum absolute atomic E-state index is 0.471. The average molecular weight is 304 g/mol. The molecule has 2 rings (SSSR count). The number of aliphatic hydroxyl groups excluding tert-OH is 1. The molecule has 2 heterocycles. The van der Waals surface area contributed by atoms with E-state index in [0.29, 0.717) is 6.61 Å². The van der Waals surface area contributed by atoms with Gasteiger partial charge < -0.3 is 28.8 Å². The highest BCUT2D eigenvalue weighted by atomic mass is 16.8. The van der Waals surface area contributed by atoms with Crippen molar-refractivity contribution in [3.05, 3.63) is 0 Å². The molecule has 2 saturated heterocycles. The second-order valence-electron chi connectivity index (χ2n) is 5.73. The van der Waals surface area contributed by atoms with E-state index in [0.717, 1.165) is 12.8 Å². The Morgan fingerprint density at radius 1 is 1.33 bits per heavy atom. The smallest absolute Gasteiger partial charge is 0.337 e. The lowest BCUT2D eigenvalue weighted by Gasteiger charge is -2.38. The van der Waals surface area contributed by atoms with Crippen LogP contribution >= 0.6 is 0 Å². The van der Waals surface area contributed by atoms with E-state index in [2.05, 4.69) is 4.74 Å². The molecule has 122 valence electrons. The summed E-state index contributed by atoms with van der Waals surface area (Å²) in [5.74, 6) is -1.51. The Morgan fingerprint density at radius 2 is 2.05 bits per heavy atom. The summed E-state index contributed by atoms with van der Waals surface area (Å²) in [7, 11) is 1.24. The number of unbranched alkanes of at least 4 members (excludes halogenated alkanes) is 1. The summed E-state index contributed by atoms with van der Waals surface area (Å²) in [6.07, 6.45) is -2.51. The van der Waals surface area contributed by atoms with Crippen molar-refractivity contribution in [3.63, 3.8) is 0 Å². The molecule has 0 aromatic rings. The highest BCUT2D eigenvalue weighted by Gasteiger charge is 2.56. The lowest BCUT2D eigenvalue weighted by molar-refractivity contribution is -0.259. The number of rotatable bonds is 5. The molecule has 0 aromatic carbocycles. The minimum Gasteiger partial charge on any atom is -0.467 e. The maximum atomic E-state index is 11.7. The van der Waals surface area contributed by atoms with Gasteiger partial charge >= 0.3 is 5.97 Å². The first-order chi connectivity index (χ1) is 9.89. The standard InChI is InChI=1S/C14H24O7/c1-5-6-7-18-9-8(15)10(12(16)17-4)19-13-11(9)20-14(2,3)21-13/h8-11,13,15H,5-7H2,1-4H3/t8-,9-,10?,11?,13-/m0/s1. The molecule has 2 aliphatic rings. The van der Waals surface area contributed by atoms with Crippen LogP contribution in [0.15, 0.2) is 0 Å². The van der Waals surface area contributed by atoms with Crippen LogP contribution in [0.5, 0.6) is 0 Å². The van der Waals surface area contributed by atoms with Crippen molar-refractivity contribution in [2.24, 2.45) is 0 Å². The lowest BCUT2D eigenvalue weighted by Crippen LogP contribution is -2.59. The predicted molar refractivity (Wildman–Crippen MR) is 71.4 cm³/mol. The maximum absolute atomic E-state index is 11.7. The molecule has 0 saturated carbocycles. The van der Waals surface area contributed by atoms with Gasteiger partial charge in [-0.25, -0.2) is 4.79 Å². The average Bonchev–Trinajstić information content (AvgIpc) is 2.74. The van der Waals surface area contributed by atoms with Crippen LogP contribution in [0.4, 0.5) is 0 Å². The summed E-state index contributed by atoms with van der Waals surface area (Å²) < 4.78 is 27.2. The van der Waals surface area contributed by atoms with Crippen LogP contribution in [0.25, 0.3) is 0 Å². The molecule has 0 aliphatic carbocycles. The predicted octanol–water partition coefficient (Wildman–Crippen LogP) is 0.582. The van der Waals surface area contributed by atoms with Gasteiger partial charge in [-0.05, 0) is 20.3 Å². The molecule has 0 amide bonds. The fraction of sp³-hybridized carbons (Fsp3) is 0.929. The quantitative estimate of drug-likeness (QED) is 0.587. The van der Waals surface area contributed by atoms with Crippen molar-refractivity contribution in [3.8, 4) is 0 Å². The first-order valence-electron chi connectivity index (χ1n) is 7.28. The Labute approximate surface area is 124 Å². The zero-order valence-corrected chi connectivity index (χ0v) is 12.9. The fourth-order valence-electron chi connectivity index (χ4n) is 2.54. The van der Waals surface area contributed by atoms with Crippen LogP contribution in [-0.4, -0.2) is 61.3 Å². The van der Waals surface area contributed by atoms with Crippen LogP contribution in [-0.2, 0) is 28.5 Å². The van der Waals surface area contributed by atoms with Gasteiger partial charge in [-0.1, -0.05) is 13.3 Å². The SMILES string of the molecule is CCCCO[C@@H]1C2OC(C)(C)O[C@@H]2OC(C(=O)OC)[C@H]1O. The van der Waals surface area contributed by atoms with E-state index in [1.807, 2.05) is 6.92 Å². The van der Waals surface area contributed by atoms with Crippen molar-refractivity contribution in [1.29, 1.82) is 0 Å². The van der Waals surface area contributed by atoms with Crippen LogP contribution < -0.4 is 0 Å². The Kier molecular flexibility index (Phi) is 5.21. The molecule has 0 radical (unpaired) electrons. The van der Waals surface area contributed by atoms with E-state index in [1.165, 1.54) is 7.11 Å². The third kappa shape index (κ3) is 3.54. The summed E-state index contributed by atoms with van der Waals surface area (Å²) in [6, 6.07) is 0. The molecule has 21 heavy (non-hydrogen) atoms. The second kappa shape index (κ2) is 6.58. The number of carbonyl (C=O) groups is 1. The van der Waals surface area contributed by atoms with E-state index in [-0.39, 0.29) is 0 Å². The van der Waals surface area contributed by atoms with Crippen molar-refractivity contribution in [2.75, 3.05) is 13.7 Å². The summed E-state index contributed by atoms with van der Waals surface area (Å²) in [5.41, 5.74) is 0. The largest absolute Gasteiger partial charge is 0.467 e. The number of ether oxygens (including phenoxy) is 5. The van der Waals surface area contributed by atoms with Crippen LogP contribution in [0, 0.1) is 0 Å². The molecule has 5 atom stereocenters. The van der Waals surface area contributed by atoms with Gasteiger partial charge in [0.25, 0.3) is 0 Å². The number of methoxy groups -OCH3 is 1. The number of esters is 1. The fourth-order valence-corrected chi connectivity index (χ4v) is 2.54. The van der Waals surface area contributed by atoms with Crippen LogP contribution in [0.3, 0.4) is 0 Å². The topological polar surface area (TPSA) is 83.5 Å². The van der Waals surface area contributed by atoms with Crippen molar-refractivity contribution >= 4 is 5.97 Å². The third-order valence-corrected chi connectivity index (χ3v) is 3.58. The van der Waals surface area contributed by atoms with Gasteiger partial charge in [0.2, 0.25) is 0 Å².